The fourth-order valence-corrected chi connectivity index (χ4v) is 9.17. The maximum Gasteiger partial charge on any atom is 0.145 e. The first-order valence-electron chi connectivity index (χ1n) is 18.7. The third-order valence-electron chi connectivity index (χ3n) is 11.4. The van der Waals surface area contributed by atoms with E-state index >= 15 is 0 Å². The van der Waals surface area contributed by atoms with Crippen LogP contribution in [0.2, 0.25) is 0 Å². The molecule has 3 heteroatoms. The standard InChI is InChI=1S/C51H36N2O/c1-31-26-32(2)49(33(3)27-31)36-20-24-45-42(30-36)41-28-34(18-22-44(41)52(45)37-12-6-4-7-13-37)35-19-23-46-43(29-35)50-47(53(46)38-14-8-5-9-15-38)25-21-40-39-16-10-11-17-48(39)54-51(40)50/h4-30H,1-3H3. The largest absolute Gasteiger partial charge is 0.455 e. The third kappa shape index (κ3) is 4.48. The predicted molar refractivity (Wildman–Crippen MR) is 227 cm³/mol. The van der Waals surface area contributed by atoms with Gasteiger partial charge in [0.2, 0.25) is 0 Å². The predicted octanol–water partition coefficient (Wildman–Crippen LogP) is 14.0. The van der Waals surface area contributed by atoms with Crippen LogP contribution in [0.25, 0.3) is 99.2 Å². The molecule has 0 saturated carbocycles. The smallest absolute Gasteiger partial charge is 0.145 e. The SMILES string of the molecule is Cc1cc(C)c(-c2ccc3c(c2)c2cc(-c4ccc5c(c4)c4c6oc7ccccc7c6ccc4n5-c4ccccc4)ccc2n3-c2ccccc2)c(C)c1. The van der Waals surface area contributed by atoms with Crippen molar-refractivity contribution in [2.45, 2.75) is 20.8 Å². The zero-order valence-corrected chi connectivity index (χ0v) is 30.4. The average molecular weight is 693 g/mol. The van der Waals surface area contributed by atoms with Gasteiger partial charge in [-0.25, -0.2) is 0 Å². The molecule has 0 fully saturated rings. The highest BCUT2D eigenvalue weighted by atomic mass is 16.3. The van der Waals surface area contributed by atoms with E-state index < -0.39 is 0 Å². The van der Waals surface area contributed by atoms with Gasteiger partial charge in [0.25, 0.3) is 0 Å². The van der Waals surface area contributed by atoms with Gasteiger partial charge in [0.1, 0.15) is 11.2 Å². The van der Waals surface area contributed by atoms with Crippen LogP contribution in [0.5, 0.6) is 0 Å². The molecule has 0 spiro atoms. The minimum absolute atomic E-state index is 0.910. The number of hydrogen-bond acceptors (Lipinski definition) is 1. The average Bonchev–Trinajstić information content (AvgIpc) is 3.85. The zero-order chi connectivity index (χ0) is 36.1. The molecule has 0 N–H and O–H groups in total. The van der Waals surface area contributed by atoms with Crippen molar-refractivity contribution in [3.63, 3.8) is 0 Å². The van der Waals surface area contributed by atoms with E-state index in [0.717, 1.165) is 49.7 Å². The summed E-state index contributed by atoms with van der Waals surface area (Å²) in [6.07, 6.45) is 0. The number of para-hydroxylation sites is 3. The molecule has 256 valence electrons. The number of hydrogen-bond donors (Lipinski definition) is 0. The van der Waals surface area contributed by atoms with Crippen LogP contribution < -0.4 is 0 Å². The van der Waals surface area contributed by atoms with Crippen molar-refractivity contribution in [2.24, 2.45) is 0 Å². The lowest BCUT2D eigenvalue weighted by Crippen LogP contribution is -1.94. The Morgan fingerprint density at radius 3 is 1.54 bits per heavy atom. The van der Waals surface area contributed by atoms with Crippen molar-refractivity contribution in [3.8, 4) is 33.6 Å². The number of aromatic nitrogens is 2. The van der Waals surface area contributed by atoms with E-state index in [4.69, 9.17) is 4.42 Å². The summed E-state index contributed by atoms with van der Waals surface area (Å²) >= 11 is 0. The lowest BCUT2D eigenvalue weighted by molar-refractivity contribution is 0.673. The van der Waals surface area contributed by atoms with Gasteiger partial charge in [0.05, 0.1) is 27.5 Å². The van der Waals surface area contributed by atoms with Crippen LogP contribution in [0.15, 0.2) is 168 Å². The van der Waals surface area contributed by atoms with Crippen molar-refractivity contribution in [2.75, 3.05) is 0 Å². The lowest BCUT2D eigenvalue weighted by atomic mass is 9.93. The minimum Gasteiger partial charge on any atom is -0.455 e. The van der Waals surface area contributed by atoms with Crippen LogP contribution in [-0.4, -0.2) is 9.13 Å². The van der Waals surface area contributed by atoms with Gasteiger partial charge in [-0.1, -0.05) is 90.5 Å². The molecule has 0 atom stereocenters. The normalized spacial score (nSPS) is 12.0. The number of benzene rings is 8. The topological polar surface area (TPSA) is 23.0 Å². The van der Waals surface area contributed by atoms with Crippen LogP contribution >= 0.6 is 0 Å². The summed E-state index contributed by atoms with van der Waals surface area (Å²) in [5.74, 6) is 0. The summed E-state index contributed by atoms with van der Waals surface area (Å²) in [5.41, 5.74) is 17.6. The molecule has 3 nitrogen and oxygen atoms in total. The van der Waals surface area contributed by atoms with E-state index in [0.29, 0.717) is 0 Å². The molecule has 11 rings (SSSR count). The molecule has 0 aliphatic rings. The van der Waals surface area contributed by atoms with Gasteiger partial charge in [-0.3, -0.25) is 0 Å². The van der Waals surface area contributed by atoms with Gasteiger partial charge in [0.15, 0.2) is 0 Å². The zero-order valence-electron chi connectivity index (χ0n) is 30.4. The van der Waals surface area contributed by atoms with Crippen LogP contribution in [0.1, 0.15) is 16.7 Å². The molecule has 0 unspecified atom stereocenters. The Labute approximate surface area is 312 Å². The van der Waals surface area contributed by atoms with Gasteiger partial charge in [0, 0.05) is 38.3 Å². The Bertz CT molecular complexity index is 3260. The Balaban J connectivity index is 1.18. The maximum absolute atomic E-state index is 6.67. The molecule has 8 aromatic carbocycles. The van der Waals surface area contributed by atoms with Crippen LogP contribution in [-0.2, 0) is 0 Å². The molecule has 3 heterocycles. The first kappa shape index (κ1) is 30.8. The first-order chi connectivity index (χ1) is 26.5. The highest BCUT2D eigenvalue weighted by Gasteiger charge is 2.20. The van der Waals surface area contributed by atoms with Gasteiger partial charge >= 0.3 is 0 Å². The Morgan fingerprint density at radius 2 is 0.889 bits per heavy atom. The second-order valence-electron chi connectivity index (χ2n) is 14.7. The summed E-state index contributed by atoms with van der Waals surface area (Å²) in [7, 11) is 0. The molecule has 0 aliphatic heterocycles. The van der Waals surface area contributed by atoms with Crippen LogP contribution in [0.3, 0.4) is 0 Å². The fourth-order valence-electron chi connectivity index (χ4n) is 9.17. The van der Waals surface area contributed by atoms with E-state index in [-0.39, 0.29) is 0 Å². The summed E-state index contributed by atoms with van der Waals surface area (Å²) in [6.45, 7) is 6.64. The Kier molecular flexibility index (Phi) is 6.60. The molecular formula is C51H36N2O. The van der Waals surface area contributed by atoms with Crippen molar-refractivity contribution in [1.82, 2.24) is 9.13 Å². The first-order valence-corrected chi connectivity index (χ1v) is 18.7. The van der Waals surface area contributed by atoms with E-state index in [1.54, 1.807) is 0 Å². The van der Waals surface area contributed by atoms with Crippen molar-refractivity contribution in [3.05, 3.63) is 180 Å². The fraction of sp³-hybridized carbons (Fsp3) is 0.0588. The maximum atomic E-state index is 6.67. The van der Waals surface area contributed by atoms with Gasteiger partial charge in [-0.15, -0.1) is 0 Å². The number of fused-ring (bicyclic) bond motifs is 10. The summed E-state index contributed by atoms with van der Waals surface area (Å²) < 4.78 is 11.4. The lowest BCUT2D eigenvalue weighted by Gasteiger charge is -2.12. The second-order valence-corrected chi connectivity index (χ2v) is 14.7. The molecule has 3 aromatic heterocycles. The molecule has 0 saturated heterocycles. The number of rotatable bonds is 4. The number of nitrogens with zero attached hydrogens (tertiary/aromatic N) is 2. The molecule has 54 heavy (non-hydrogen) atoms. The number of aryl methyl sites for hydroxylation is 3. The van der Waals surface area contributed by atoms with Crippen LogP contribution in [0, 0.1) is 20.8 Å². The van der Waals surface area contributed by atoms with Crippen molar-refractivity contribution in [1.29, 1.82) is 0 Å². The van der Waals surface area contributed by atoms with E-state index in [1.807, 2.05) is 6.07 Å². The summed E-state index contributed by atoms with van der Waals surface area (Å²) in [5, 5.41) is 7.08. The van der Waals surface area contributed by atoms with E-state index in [2.05, 4.69) is 188 Å². The monoisotopic (exact) mass is 692 g/mol. The quantitative estimate of drug-likeness (QED) is 0.180. The molecule has 11 aromatic rings. The number of furan rings is 1. The molecular weight excluding hydrogens is 657 g/mol. The summed E-state index contributed by atoms with van der Waals surface area (Å²) in [4.78, 5) is 0. The molecule has 0 radical (unpaired) electrons. The Hall–Kier alpha value is -6.84. The van der Waals surface area contributed by atoms with Gasteiger partial charge in [-0.2, -0.15) is 0 Å². The minimum atomic E-state index is 0.910. The van der Waals surface area contributed by atoms with Crippen LogP contribution in [0.4, 0.5) is 0 Å². The third-order valence-corrected chi connectivity index (χ3v) is 11.4. The molecule has 0 bridgehead atoms. The van der Waals surface area contributed by atoms with Gasteiger partial charge < -0.3 is 13.6 Å². The molecule has 0 aliphatic carbocycles. The van der Waals surface area contributed by atoms with Gasteiger partial charge in [-0.05, 0) is 133 Å². The second kappa shape index (κ2) is 11.6. The highest BCUT2D eigenvalue weighted by Crippen LogP contribution is 2.43. The van der Waals surface area contributed by atoms with Crippen molar-refractivity contribution >= 4 is 65.6 Å². The molecule has 0 amide bonds. The van der Waals surface area contributed by atoms with E-state index in [1.165, 1.54) is 66.1 Å². The summed E-state index contributed by atoms with van der Waals surface area (Å²) in [6, 6.07) is 59.7. The Morgan fingerprint density at radius 1 is 0.389 bits per heavy atom. The highest BCUT2D eigenvalue weighted by molar-refractivity contribution is 6.24. The van der Waals surface area contributed by atoms with Crippen molar-refractivity contribution < 1.29 is 4.42 Å². The van der Waals surface area contributed by atoms with E-state index in [9.17, 15) is 0 Å².